The standard InChI is InChI=1S/C23H26N4O4S/c1-3-31-19-7-9-21(10-8-19)32(28,29)27-15-13-26(14-16-27)23-12-11-22(24-25-23)18-5-4-6-20(17-18)30-2/h4-12,17H,3,13-16H2,1-2H3. The third-order valence-corrected chi connectivity index (χ3v) is 7.26. The molecule has 1 saturated heterocycles. The van der Waals surface area contributed by atoms with E-state index in [1.807, 2.05) is 48.2 Å². The van der Waals surface area contributed by atoms with Crippen molar-refractivity contribution in [1.29, 1.82) is 0 Å². The van der Waals surface area contributed by atoms with Crippen molar-refractivity contribution in [3.05, 3.63) is 60.7 Å². The molecule has 1 aliphatic heterocycles. The first-order chi connectivity index (χ1) is 15.5. The van der Waals surface area contributed by atoms with E-state index in [2.05, 4.69) is 10.2 Å². The summed E-state index contributed by atoms with van der Waals surface area (Å²) in [6.07, 6.45) is 0. The average Bonchev–Trinajstić information content (AvgIpc) is 2.85. The molecule has 0 spiro atoms. The Morgan fingerprint density at radius 2 is 1.66 bits per heavy atom. The number of aromatic nitrogens is 2. The number of benzene rings is 2. The largest absolute Gasteiger partial charge is 0.497 e. The maximum atomic E-state index is 13.0. The first-order valence-corrected chi connectivity index (χ1v) is 11.9. The predicted molar refractivity (Wildman–Crippen MR) is 123 cm³/mol. The molecule has 32 heavy (non-hydrogen) atoms. The number of hydrogen-bond acceptors (Lipinski definition) is 7. The summed E-state index contributed by atoms with van der Waals surface area (Å²) in [7, 11) is -1.92. The molecule has 168 valence electrons. The van der Waals surface area contributed by atoms with E-state index in [1.54, 1.807) is 31.4 Å². The Bertz CT molecular complexity index is 1140. The van der Waals surface area contributed by atoms with Crippen LogP contribution in [0, 0.1) is 0 Å². The van der Waals surface area contributed by atoms with Gasteiger partial charge in [-0.2, -0.15) is 4.31 Å². The van der Waals surface area contributed by atoms with Crippen LogP contribution in [0.3, 0.4) is 0 Å². The van der Waals surface area contributed by atoms with E-state index in [9.17, 15) is 8.42 Å². The quantitative estimate of drug-likeness (QED) is 0.542. The summed E-state index contributed by atoms with van der Waals surface area (Å²) in [6.45, 7) is 4.29. The second kappa shape index (κ2) is 9.54. The molecule has 0 bridgehead atoms. The van der Waals surface area contributed by atoms with Gasteiger partial charge in [0, 0.05) is 31.7 Å². The van der Waals surface area contributed by atoms with Crippen molar-refractivity contribution in [2.45, 2.75) is 11.8 Å². The van der Waals surface area contributed by atoms with Crippen molar-refractivity contribution in [3.8, 4) is 22.8 Å². The number of nitrogens with zero attached hydrogens (tertiary/aromatic N) is 4. The zero-order valence-corrected chi connectivity index (χ0v) is 19.0. The lowest BCUT2D eigenvalue weighted by Gasteiger charge is -2.34. The molecule has 0 saturated carbocycles. The van der Waals surface area contributed by atoms with Crippen LogP contribution in [0.15, 0.2) is 65.6 Å². The van der Waals surface area contributed by atoms with Gasteiger partial charge >= 0.3 is 0 Å². The summed E-state index contributed by atoms with van der Waals surface area (Å²) < 4.78 is 38.1. The Hall–Kier alpha value is -3.17. The zero-order valence-electron chi connectivity index (χ0n) is 18.1. The minimum atomic E-state index is -3.55. The Morgan fingerprint density at radius 3 is 2.28 bits per heavy atom. The Morgan fingerprint density at radius 1 is 0.906 bits per heavy atom. The summed E-state index contributed by atoms with van der Waals surface area (Å²) in [5, 5.41) is 8.71. The van der Waals surface area contributed by atoms with Gasteiger partial charge in [-0.3, -0.25) is 0 Å². The smallest absolute Gasteiger partial charge is 0.243 e. The summed E-state index contributed by atoms with van der Waals surface area (Å²) in [5.41, 5.74) is 1.68. The Labute approximate surface area is 188 Å². The molecule has 0 unspecified atom stereocenters. The third kappa shape index (κ3) is 4.68. The summed E-state index contributed by atoms with van der Waals surface area (Å²) in [4.78, 5) is 2.32. The van der Waals surface area contributed by atoms with Crippen LogP contribution in [0.5, 0.6) is 11.5 Å². The fraction of sp³-hybridized carbons (Fsp3) is 0.304. The van der Waals surface area contributed by atoms with Gasteiger partial charge < -0.3 is 14.4 Å². The van der Waals surface area contributed by atoms with Crippen molar-refractivity contribution in [2.75, 3.05) is 44.8 Å². The Balaban J connectivity index is 1.40. The number of rotatable bonds is 7. The molecule has 8 nitrogen and oxygen atoms in total. The van der Waals surface area contributed by atoms with E-state index in [0.29, 0.717) is 38.5 Å². The van der Waals surface area contributed by atoms with Crippen molar-refractivity contribution in [1.82, 2.24) is 14.5 Å². The van der Waals surface area contributed by atoms with E-state index in [4.69, 9.17) is 9.47 Å². The van der Waals surface area contributed by atoms with E-state index in [0.717, 1.165) is 22.8 Å². The molecule has 0 radical (unpaired) electrons. The van der Waals surface area contributed by atoms with Crippen LogP contribution in [0.25, 0.3) is 11.3 Å². The molecule has 9 heteroatoms. The molecule has 0 amide bonds. The Kier molecular flexibility index (Phi) is 6.57. The van der Waals surface area contributed by atoms with Crippen LogP contribution in [-0.2, 0) is 10.0 Å². The van der Waals surface area contributed by atoms with E-state index in [-0.39, 0.29) is 4.90 Å². The fourth-order valence-corrected chi connectivity index (χ4v) is 5.03. The van der Waals surface area contributed by atoms with Gasteiger partial charge in [0.15, 0.2) is 5.82 Å². The first kappa shape index (κ1) is 22.0. The van der Waals surface area contributed by atoms with E-state index >= 15 is 0 Å². The second-order valence-electron chi connectivity index (χ2n) is 7.30. The van der Waals surface area contributed by atoms with Gasteiger partial charge in [-0.25, -0.2) is 8.42 Å². The highest BCUT2D eigenvalue weighted by atomic mass is 32.2. The molecular formula is C23H26N4O4S. The summed E-state index contributed by atoms with van der Waals surface area (Å²) >= 11 is 0. The number of anilines is 1. The van der Waals surface area contributed by atoms with Crippen molar-refractivity contribution < 1.29 is 17.9 Å². The first-order valence-electron chi connectivity index (χ1n) is 10.5. The molecule has 1 fully saturated rings. The SMILES string of the molecule is CCOc1ccc(S(=O)(=O)N2CCN(c3ccc(-c4cccc(OC)c4)nn3)CC2)cc1. The molecule has 0 aliphatic carbocycles. The van der Waals surface area contributed by atoms with Gasteiger partial charge in [0.1, 0.15) is 11.5 Å². The van der Waals surface area contributed by atoms with Crippen LogP contribution >= 0.6 is 0 Å². The minimum absolute atomic E-state index is 0.275. The number of sulfonamides is 1. The van der Waals surface area contributed by atoms with Gasteiger partial charge in [0.25, 0.3) is 0 Å². The monoisotopic (exact) mass is 454 g/mol. The molecule has 4 rings (SSSR count). The maximum absolute atomic E-state index is 13.0. The topological polar surface area (TPSA) is 84.9 Å². The predicted octanol–water partition coefficient (Wildman–Crippen LogP) is 3.06. The van der Waals surface area contributed by atoms with Crippen molar-refractivity contribution in [3.63, 3.8) is 0 Å². The summed E-state index contributed by atoms with van der Waals surface area (Å²) in [6, 6.07) is 18.0. The van der Waals surface area contributed by atoms with Crippen LogP contribution in [0.2, 0.25) is 0 Å². The van der Waals surface area contributed by atoms with Crippen molar-refractivity contribution in [2.24, 2.45) is 0 Å². The number of hydrogen-bond donors (Lipinski definition) is 0. The van der Waals surface area contributed by atoms with Crippen LogP contribution in [-0.4, -0.2) is 62.8 Å². The number of piperazine rings is 1. The highest BCUT2D eigenvalue weighted by Crippen LogP contribution is 2.25. The molecular weight excluding hydrogens is 428 g/mol. The highest BCUT2D eigenvalue weighted by Gasteiger charge is 2.29. The number of methoxy groups -OCH3 is 1. The van der Waals surface area contributed by atoms with Crippen LogP contribution < -0.4 is 14.4 Å². The molecule has 1 aliphatic rings. The summed E-state index contributed by atoms with van der Waals surface area (Å²) in [5.74, 6) is 2.15. The van der Waals surface area contributed by atoms with Gasteiger partial charge in [0.05, 0.1) is 24.3 Å². The average molecular weight is 455 g/mol. The lowest BCUT2D eigenvalue weighted by molar-refractivity contribution is 0.340. The molecule has 2 heterocycles. The van der Waals surface area contributed by atoms with Crippen LogP contribution in [0.1, 0.15) is 6.92 Å². The van der Waals surface area contributed by atoms with Gasteiger partial charge in [-0.05, 0) is 55.5 Å². The normalized spacial score (nSPS) is 14.9. The van der Waals surface area contributed by atoms with Crippen molar-refractivity contribution >= 4 is 15.8 Å². The maximum Gasteiger partial charge on any atom is 0.243 e. The molecule has 0 atom stereocenters. The second-order valence-corrected chi connectivity index (χ2v) is 9.24. The molecule has 3 aromatic rings. The fourth-order valence-electron chi connectivity index (χ4n) is 3.61. The number of ether oxygens (including phenoxy) is 2. The molecule has 0 N–H and O–H groups in total. The highest BCUT2D eigenvalue weighted by molar-refractivity contribution is 7.89. The lowest BCUT2D eigenvalue weighted by Crippen LogP contribution is -2.48. The van der Waals surface area contributed by atoms with Gasteiger partial charge in [-0.1, -0.05) is 12.1 Å². The van der Waals surface area contributed by atoms with E-state index < -0.39 is 10.0 Å². The zero-order chi connectivity index (χ0) is 22.6. The molecule has 2 aromatic carbocycles. The van der Waals surface area contributed by atoms with Crippen LogP contribution in [0.4, 0.5) is 5.82 Å². The minimum Gasteiger partial charge on any atom is -0.497 e. The lowest BCUT2D eigenvalue weighted by atomic mass is 10.1. The third-order valence-electron chi connectivity index (χ3n) is 5.35. The molecule has 1 aromatic heterocycles. The van der Waals surface area contributed by atoms with Gasteiger partial charge in [0.2, 0.25) is 10.0 Å². The van der Waals surface area contributed by atoms with Gasteiger partial charge in [-0.15, -0.1) is 10.2 Å². The van der Waals surface area contributed by atoms with E-state index in [1.165, 1.54) is 4.31 Å².